The van der Waals surface area contributed by atoms with Gasteiger partial charge < -0.3 is 5.32 Å². The van der Waals surface area contributed by atoms with Crippen molar-refractivity contribution in [3.8, 4) is 0 Å². The molecule has 0 aromatic rings. The molecule has 2 heterocycles. The smallest absolute Gasteiger partial charge is 0.0640 e. The van der Waals surface area contributed by atoms with Gasteiger partial charge in [-0.1, -0.05) is 6.08 Å². The van der Waals surface area contributed by atoms with Gasteiger partial charge in [0.15, 0.2) is 0 Å². The Labute approximate surface area is 66.0 Å². The van der Waals surface area contributed by atoms with E-state index in [9.17, 15) is 0 Å². The second-order valence-corrected chi connectivity index (χ2v) is 2.66. The van der Waals surface area contributed by atoms with Crippen molar-refractivity contribution in [2.45, 2.75) is 0 Å². The second kappa shape index (κ2) is 2.74. The molecular weight excluding hydrogens is 136 g/mol. The van der Waals surface area contributed by atoms with Gasteiger partial charge in [0, 0.05) is 12.8 Å². The van der Waals surface area contributed by atoms with E-state index in [2.05, 4.69) is 28.5 Å². The van der Waals surface area contributed by atoms with Crippen molar-refractivity contribution in [2.24, 2.45) is 4.99 Å². The van der Waals surface area contributed by atoms with Gasteiger partial charge in [0.25, 0.3) is 0 Å². The molecular formula is C9H10N2. The molecule has 2 nitrogen and oxygen atoms in total. The van der Waals surface area contributed by atoms with Crippen LogP contribution in [0.25, 0.3) is 0 Å². The number of nitrogens with zero attached hydrogens (tertiary/aromatic N) is 1. The lowest BCUT2D eigenvalue weighted by Crippen LogP contribution is -2.00. The van der Waals surface area contributed by atoms with Gasteiger partial charge in [0.1, 0.15) is 0 Å². The molecule has 0 atom stereocenters. The van der Waals surface area contributed by atoms with Crippen LogP contribution in [0.15, 0.2) is 40.6 Å². The van der Waals surface area contributed by atoms with Crippen molar-refractivity contribution in [3.05, 3.63) is 35.6 Å². The number of aliphatic imine (C=N–C) groups is 1. The van der Waals surface area contributed by atoms with Crippen LogP contribution in [0.5, 0.6) is 0 Å². The molecule has 56 valence electrons. The van der Waals surface area contributed by atoms with Gasteiger partial charge in [0.2, 0.25) is 0 Å². The third-order valence-corrected chi connectivity index (χ3v) is 1.76. The van der Waals surface area contributed by atoms with Crippen molar-refractivity contribution in [1.29, 1.82) is 0 Å². The summed E-state index contributed by atoms with van der Waals surface area (Å²) in [5.41, 5.74) is 2.63. The Morgan fingerprint density at radius 3 is 3.18 bits per heavy atom. The predicted octanol–water partition coefficient (Wildman–Crippen LogP) is 1.04. The van der Waals surface area contributed by atoms with Gasteiger partial charge in [-0.05, 0) is 29.5 Å². The molecule has 2 aliphatic heterocycles. The van der Waals surface area contributed by atoms with Crippen molar-refractivity contribution in [2.75, 3.05) is 13.1 Å². The lowest BCUT2D eigenvalue weighted by atomic mass is 10.2. The van der Waals surface area contributed by atoms with Crippen molar-refractivity contribution < 1.29 is 0 Å². The Morgan fingerprint density at radius 1 is 1.55 bits per heavy atom. The first kappa shape index (κ1) is 6.40. The monoisotopic (exact) mass is 146 g/mol. The summed E-state index contributed by atoms with van der Waals surface area (Å²) < 4.78 is 0. The lowest BCUT2D eigenvalue weighted by Gasteiger charge is -1.94. The maximum Gasteiger partial charge on any atom is 0.0640 e. The number of rotatable bonds is 1. The molecule has 0 amide bonds. The van der Waals surface area contributed by atoms with Gasteiger partial charge in [-0.25, -0.2) is 0 Å². The van der Waals surface area contributed by atoms with Gasteiger partial charge in [0.05, 0.1) is 6.54 Å². The number of hydrogen-bond acceptors (Lipinski definition) is 2. The summed E-state index contributed by atoms with van der Waals surface area (Å²) in [5, 5.41) is 3.13. The quantitative estimate of drug-likeness (QED) is 0.587. The van der Waals surface area contributed by atoms with Gasteiger partial charge in [-0.15, -0.1) is 0 Å². The fourth-order valence-corrected chi connectivity index (χ4v) is 1.19. The lowest BCUT2D eigenvalue weighted by molar-refractivity contribution is 1.00. The first-order valence-electron chi connectivity index (χ1n) is 3.75. The van der Waals surface area contributed by atoms with Gasteiger partial charge in [-0.2, -0.15) is 0 Å². The standard InChI is InChI=1S/C9H10N2/c1-3-10-6-8(1)5-9-2-4-11-7-9/h1-5,10H,6-7H2. The molecule has 1 N–H and O–H groups in total. The first-order valence-corrected chi connectivity index (χ1v) is 3.75. The van der Waals surface area contributed by atoms with Crippen molar-refractivity contribution in [1.82, 2.24) is 5.32 Å². The minimum atomic E-state index is 0.845. The zero-order valence-corrected chi connectivity index (χ0v) is 6.25. The second-order valence-electron chi connectivity index (χ2n) is 2.66. The molecule has 2 heteroatoms. The van der Waals surface area contributed by atoms with Crippen LogP contribution in [0.4, 0.5) is 0 Å². The predicted molar refractivity (Wildman–Crippen MR) is 46.7 cm³/mol. The number of nitrogens with one attached hydrogen (secondary N) is 1. The summed E-state index contributed by atoms with van der Waals surface area (Å²) in [4.78, 5) is 4.10. The molecule has 0 saturated carbocycles. The van der Waals surface area contributed by atoms with E-state index in [-0.39, 0.29) is 0 Å². The van der Waals surface area contributed by atoms with E-state index in [0.29, 0.717) is 0 Å². The molecule has 0 aliphatic carbocycles. The summed E-state index contributed by atoms with van der Waals surface area (Å²) in [6.07, 6.45) is 10.2. The fourth-order valence-electron chi connectivity index (χ4n) is 1.19. The Morgan fingerprint density at radius 2 is 2.55 bits per heavy atom. The van der Waals surface area contributed by atoms with E-state index in [0.717, 1.165) is 13.1 Å². The molecule has 0 aromatic heterocycles. The summed E-state index contributed by atoms with van der Waals surface area (Å²) >= 11 is 0. The number of hydrogen-bond donors (Lipinski definition) is 1. The highest BCUT2D eigenvalue weighted by Gasteiger charge is 2.00. The van der Waals surface area contributed by atoms with E-state index >= 15 is 0 Å². The maximum atomic E-state index is 4.10. The van der Waals surface area contributed by atoms with E-state index in [1.165, 1.54) is 11.1 Å². The molecule has 0 unspecified atom stereocenters. The number of allylic oxidation sites excluding steroid dienone is 1. The van der Waals surface area contributed by atoms with E-state index < -0.39 is 0 Å². The summed E-state index contributed by atoms with van der Waals surface area (Å²) in [7, 11) is 0. The SMILES string of the molecule is C1=CC(=CC2=CC=NC2)CN1. The normalized spacial score (nSPS) is 24.4. The van der Waals surface area contributed by atoms with E-state index in [4.69, 9.17) is 0 Å². The van der Waals surface area contributed by atoms with Crippen molar-refractivity contribution in [3.63, 3.8) is 0 Å². The van der Waals surface area contributed by atoms with Crippen LogP contribution in [-0.4, -0.2) is 19.3 Å². The minimum absolute atomic E-state index is 0.845. The van der Waals surface area contributed by atoms with Gasteiger partial charge in [-0.3, -0.25) is 4.99 Å². The Balaban J connectivity index is 2.08. The van der Waals surface area contributed by atoms with Crippen LogP contribution in [0.3, 0.4) is 0 Å². The third-order valence-electron chi connectivity index (χ3n) is 1.76. The molecule has 0 saturated heterocycles. The molecule has 0 aromatic carbocycles. The maximum absolute atomic E-state index is 4.10. The highest BCUT2D eigenvalue weighted by Crippen LogP contribution is 2.09. The molecule has 0 fully saturated rings. The average Bonchev–Trinajstić information content (AvgIpc) is 2.60. The Bertz CT molecular complexity index is 269. The molecule has 0 radical (unpaired) electrons. The third kappa shape index (κ3) is 1.40. The molecule has 0 spiro atoms. The zero-order chi connectivity index (χ0) is 7.52. The Kier molecular flexibility index (Phi) is 1.60. The summed E-state index contributed by atoms with van der Waals surface area (Å²) in [5.74, 6) is 0. The van der Waals surface area contributed by atoms with Crippen LogP contribution in [0, 0.1) is 0 Å². The largest absolute Gasteiger partial charge is 0.387 e. The minimum Gasteiger partial charge on any atom is -0.387 e. The van der Waals surface area contributed by atoms with Crippen molar-refractivity contribution >= 4 is 6.21 Å². The highest BCUT2D eigenvalue weighted by molar-refractivity contribution is 5.76. The first-order chi connectivity index (χ1) is 5.45. The van der Waals surface area contributed by atoms with E-state index in [1.54, 1.807) is 0 Å². The molecule has 0 bridgehead atoms. The average molecular weight is 146 g/mol. The van der Waals surface area contributed by atoms with Crippen LogP contribution in [0.2, 0.25) is 0 Å². The molecule has 2 rings (SSSR count). The van der Waals surface area contributed by atoms with Crippen LogP contribution in [0.1, 0.15) is 0 Å². The highest BCUT2D eigenvalue weighted by atomic mass is 14.8. The molecule has 11 heavy (non-hydrogen) atoms. The topological polar surface area (TPSA) is 24.4 Å². The molecule has 2 aliphatic rings. The van der Waals surface area contributed by atoms with Crippen LogP contribution >= 0.6 is 0 Å². The summed E-state index contributed by atoms with van der Waals surface area (Å²) in [6, 6.07) is 0. The van der Waals surface area contributed by atoms with Crippen LogP contribution in [-0.2, 0) is 0 Å². The Hall–Kier alpha value is -1.31. The van der Waals surface area contributed by atoms with E-state index in [1.807, 2.05) is 12.4 Å². The fraction of sp³-hybridized carbons (Fsp3) is 0.222. The van der Waals surface area contributed by atoms with Crippen LogP contribution < -0.4 is 5.32 Å². The summed E-state index contributed by atoms with van der Waals surface area (Å²) in [6.45, 7) is 1.80. The van der Waals surface area contributed by atoms with Gasteiger partial charge >= 0.3 is 0 Å². The zero-order valence-electron chi connectivity index (χ0n) is 6.25.